The van der Waals surface area contributed by atoms with E-state index in [-0.39, 0.29) is 5.41 Å². The van der Waals surface area contributed by atoms with Gasteiger partial charge in [-0.15, -0.1) is 0 Å². The first kappa shape index (κ1) is 16.3. The van der Waals surface area contributed by atoms with Crippen molar-refractivity contribution in [2.45, 2.75) is 58.5 Å². The summed E-state index contributed by atoms with van der Waals surface area (Å²) in [7, 11) is 0. The first-order chi connectivity index (χ1) is 10.1. The Morgan fingerprint density at radius 2 is 1.90 bits per heavy atom. The van der Waals surface area contributed by atoms with E-state index in [4.69, 9.17) is 16.9 Å². The second-order valence-electron chi connectivity index (χ2n) is 6.63. The van der Waals surface area contributed by atoms with E-state index < -0.39 is 0 Å². The highest BCUT2D eigenvalue weighted by Gasteiger charge is 2.37. The minimum atomic E-state index is 0.243. The van der Waals surface area contributed by atoms with E-state index >= 15 is 0 Å². The molecule has 1 aliphatic carbocycles. The van der Waals surface area contributed by atoms with E-state index in [0.717, 1.165) is 24.4 Å². The van der Waals surface area contributed by atoms with E-state index in [2.05, 4.69) is 37.4 Å². The van der Waals surface area contributed by atoms with Gasteiger partial charge in [0.15, 0.2) is 0 Å². The fourth-order valence-corrected chi connectivity index (χ4v) is 3.50. The largest absolute Gasteiger partial charge is 0.310 e. The standard InChI is InChI=1S/C18H25ClN2/c1-14(2)18(11-12-20)9-7-17(8-10-18)21-13-15-3-5-16(19)6-4-15/h3-6,14,17,21H,7-11,13H2,1-2H3/t17-,18+. The number of hydrogen-bond donors (Lipinski definition) is 1. The molecule has 1 saturated carbocycles. The molecule has 0 spiro atoms. The highest BCUT2D eigenvalue weighted by Crippen LogP contribution is 2.45. The van der Waals surface area contributed by atoms with Crippen molar-refractivity contribution in [1.29, 1.82) is 5.26 Å². The molecule has 0 heterocycles. The van der Waals surface area contributed by atoms with E-state index in [1.165, 1.54) is 18.4 Å². The lowest BCUT2D eigenvalue weighted by Gasteiger charge is -2.42. The van der Waals surface area contributed by atoms with E-state index in [1.807, 2.05) is 12.1 Å². The highest BCUT2D eigenvalue weighted by molar-refractivity contribution is 6.30. The van der Waals surface area contributed by atoms with Crippen LogP contribution in [0, 0.1) is 22.7 Å². The van der Waals surface area contributed by atoms with Crippen LogP contribution in [0.2, 0.25) is 5.02 Å². The van der Waals surface area contributed by atoms with Gasteiger partial charge in [0.25, 0.3) is 0 Å². The summed E-state index contributed by atoms with van der Waals surface area (Å²) in [6, 6.07) is 11.0. The summed E-state index contributed by atoms with van der Waals surface area (Å²) in [5, 5.41) is 13.5. The number of nitrogens with zero attached hydrogens (tertiary/aromatic N) is 1. The topological polar surface area (TPSA) is 35.8 Å². The fraction of sp³-hybridized carbons (Fsp3) is 0.611. The molecule has 114 valence electrons. The summed E-state index contributed by atoms with van der Waals surface area (Å²) in [5.41, 5.74) is 1.52. The Balaban J connectivity index is 1.84. The van der Waals surface area contributed by atoms with Gasteiger partial charge in [0.1, 0.15) is 0 Å². The first-order valence-corrected chi connectivity index (χ1v) is 8.28. The number of nitriles is 1. The molecule has 0 amide bonds. The van der Waals surface area contributed by atoms with Gasteiger partial charge in [0, 0.05) is 24.0 Å². The molecule has 0 bridgehead atoms. The maximum Gasteiger partial charge on any atom is 0.0627 e. The Hall–Kier alpha value is -1.04. The molecule has 0 saturated heterocycles. The van der Waals surface area contributed by atoms with Crippen molar-refractivity contribution in [3.63, 3.8) is 0 Å². The molecule has 0 unspecified atom stereocenters. The van der Waals surface area contributed by atoms with Gasteiger partial charge in [-0.2, -0.15) is 5.26 Å². The maximum atomic E-state index is 9.10. The van der Waals surface area contributed by atoms with Gasteiger partial charge < -0.3 is 5.32 Å². The number of rotatable bonds is 5. The molecule has 0 atom stereocenters. The first-order valence-electron chi connectivity index (χ1n) is 7.90. The SMILES string of the molecule is CC(C)[C@]1(CC#N)CC[C@H](NCc2ccc(Cl)cc2)CC1. The van der Waals surface area contributed by atoms with Crippen LogP contribution in [-0.2, 0) is 6.54 Å². The lowest BCUT2D eigenvalue weighted by Crippen LogP contribution is -2.39. The average Bonchev–Trinajstić information content (AvgIpc) is 2.48. The molecule has 1 aromatic rings. The Bertz CT molecular complexity index is 479. The van der Waals surface area contributed by atoms with Crippen molar-refractivity contribution >= 4 is 11.6 Å². The molecule has 1 aliphatic rings. The second kappa shape index (κ2) is 7.29. The Morgan fingerprint density at radius 1 is 1.29 bits per heavy atom. The maximum absolute atomic E-state index is 9.10. The predicted octanol–water partition coefficient (Wildman–Crippen LogP) is 4.93. The molecule has 2 rings (SSSR count). The quantitative estimate of drug-likeness (QED) is 0.837. The van der Waals surface area contributed by atoms with Crippen LogP contribution in [0.15, 0.2) is 24.3 Å². The zero-order chi connectivity index (χ0) is 15.3. The molecule has 0 aromatic heterocycles. The van der Waals surface area contributed by atoms with Crippen molar-refractivity contribution in [3.05, 3.63) is 34.9 Å². The third-order valence-electron chi connectivity index (χ3n) is 5.15. The smallest absolute Gasteiger partial charge is 0.0627 e. The number of benzene rings is 1. The van der Waals surface area contributed by atoms with Crippen LogP contribution >= 0.6 is 11.6 Å². The van der Waals surface area contributed by atoms with Gasteiger partial charge >= 0.3 is 0 Å². The molecule has 3 heteroatoms. The third kappa shape index (κ3) is 4.22. The van der Waals surface area contributed by atoms with Crippen LogP contribution < -0.4 is 5.32 Å². The van der Waals surface area contributed by atoms with E-state index in [1.54, 1.807) is 0 Å². The second-order valence-corrected chi connectivity index (χ2v) is 7.07. The van der Waals surface area contributed by atoms with Crippen LogP contribution in [0.5, 0.6) is 0 Å². The van der Waals surface area contributed by atoms with Gasteiger partial charge in [-0.1, -0.05) is 37.6 Å². The Kier molecular flexibility index (Phi) is 5.67. The minimum Gasteiger partial charge on any atom is -0.310 e. The van der Waals surface area contributed by atoms with Gasteiger partial charge in [0.2, 0.25) is 0 Å². The van der Waals surface area contributed by atoms with Crippen LogP contribution in [0.4, 0.5) is 0 Å². The van der Waals surface area contributed by atoms with E-state index in [9.17, 15) is 0 Å². The summed E-state index contributed by atoms with van der Waals surface area (Å²) < 4.78 is 0. The average molecular weight is 305 g/mol. The zero-order valence-corrected chi connectivity index (χ0v) is 13.8. The molecule has 1 aromatic carbocycles. The Labute approximate surface area is 133 Å². The van der Waals surface area contributed by atoms with Crippen molar-refractivity contribution in [2.75, 3.05) is 0 Å². The molecular weight excluding hydrogens is 280 g/mol. The molecule has 0 radical (unpaired) electrons. The van der Waals surface area contributed by atoms with Crippen LogP contribution in [0.3, 0.4) is 0 Å². The van der Waals surface area contributed by atoms with E-state index in [0.29, 0.717) is 18.4 Å². The summed E-state index contributed by atoms with van der Waals surface area (Å²) >= 11 is 5.90. The minimum absolute atomic E-state index is 0.243. The number of nitrogens with one attached hydrogen (secondary N) is 1. The van der Waals surface area contributed by atoms with Crippen molar-refractivity contribution in [3.8, 4) is 6.07 Å². The van der Waals surface area contributed by atoms with Crippen molar-refractivity contribution < 1.29 is 0 Å². The van der Waals surface area contributed by atoms with Gasteiger partial charge in [-0.25, -0.2) is 0 Å². The van der Waals surface area contributed by atoms with Crippen molar-refractivity contribution in [1.82, 2.24) is 5.32 Å². The monoisotopic (exact) mass is 304 g/mol. The zero-order valence-electron chi connectivity index (χ0n) is 13.0. The van der Waals surface area contributed by atoms with Gasteiger partial charge in [-0.05, 0) is 54.7 Å². The summed E-state index contributed by atoms with van der Waals surface area (Å²) in [6.07, 6.45) is 5.38. The third-order valence-corrected chi connectivity index (χ3v) is 5.40. The summed E-state index contributed by atoms with van der Waals surface area (Å²) in [5.74, 6) is 0.592. The number of halogens is 1. The van der Waals surface area contributed by atoms with Crippen LogP contribution in [0.1, 0.15) is 51.5 Å². The van der Waals surface area contributed by atoms with Crippen molar-refractivity contribution in [2.24, 2.45) is 11.3 Å². The Morgan fingerprint density at radius 3 is 2.43 bits per heavy atom. The van der Waals surface area contributed by atoms with Crippen LogP contribution in [0.25, 0.3) is 0 Å². The fourth-order valence-electron chi connectivity index (χ4n) is 3.38. The molecule has 1 N–H and O–H groups in total. The van der Waals surface area contributed by atoms with Gasteiger partial charge in [-0.3, -0.25) is 0 Å². The lowest BCUT2D eigenvalue weighted by molar-refractivity contribution is 0.105. The van der Waals surface area contributed by atoms with Crippen LogP contribution in [-0.4, -0.2) is 6.04 Å². The summed E-state index contributed by atoms with van der Waals surface area (Å²) in [4.78, 5) is 0. The molecule has 21 heavy (non-hydrogen) atoms. The van der Waals surface area contributed by atoms with Gasteiger partial charge in [0.05, 0.1) is 6.07 Å². The lowest BCUT2D eigenvalue weighted by atomic mass is 9.64. The summed E-state index contributed by atoms with van der Waals surface area (Å²) in [6.45, 7) is 5.42. The molecule has 1 fully saturated rings. The predicted molar refractivity (Wildman–Crippen MR) is 88.0 cm³/mol. The number of hydrogen-bond acceptors (Lipinski definition) is 2. The molecule has 2 nitrogen and oxygen atoms in total. The molecule has 0 aliphatic heterocycles. The normalized spacial score (nSPS) is 25.8. The highest BCUT2D eigenvalue weighted by atomic mass is 35.5. The molecular formula is C18H25ClN2.